The molecule has 7 heteroatoms. The molecule has 2 N–H and O–H groups in total. The summed E-state index contributed by atoms with van der Waals surface area (Å²) >= 11 is 0. The Morgan fingerprint density at radius 2 is 2.00 bits per heavy atom. The molecule has 0 amide bonds. The first-order valence-electron chi connectivity index (χ1n) is 8.46. The molecular weight excluding hydrogens is 322 g/mol. The molecule has 1 rings (SSSR count). The molecular formula is C18H29N3O4. The molecule has 0 saturated heterocycles. The fourth-order valence-electron chi connectivity index (χ4n) is 2.08. The molecule has 0 atom stereocenters. The highest BCUT2D eigenvalue weighted by molar-refractivity contribution is 5.93. The number of nitrogens with one attached hydrogen (secondary N) is 2. The number of aliphatic imine (C=N–C) groups is 1. The van der Waals surface area contributed by atoms with Crippen LogP contribution in [0.1, 0.15) is 25.7 Å². The zero-order chi connectivity index (χ0) is 18.3. The second-order valence-electron chi connectivity index (χ2n) is 5.38. The quantitative estimate of drug-likeness (QED) is 0.276. The van der Waals surface area contributed by atoms with Crippen LogP contribution in [0, 0.1) is 0 Å². The summed E-state index contributed by atoms with van der Waals surface area (Å²) in [5.74, 6) is 1.30. The smallest absolute Gasteiger partial charge is 0.305 e. The first kappa shape index (κ1) is 20.8. The molecule has 0 bridgehead atoms. The van der Waals surface area contributed by atoms with E-state index in [1.807, 2.05) is 24.3 Å². The van der Waals surface area contributed by atoms with Crippen LogP contribution in [0.25, 0.3) is 0 Å². The number of esters is 1. The lowest BCUT2D eigenvalue weighted by molar-refractivity contribution is -0.140. The van der Waals surface area contributed by atoms with Gasteiger partial charge in [-0.1, -0.05) is 6.07 Å². The van der Waals surface area contributed by atoms with E-state index in [2.05, 4.69) is 20.4 Å². The lowest BCUT2D eigenvalue weighted by Gasteiger charge is -2.13. The van der Waals surface area contributed by atoms with Crippen LogP contribution in [0.15, 0.2) is 29.3 Å². The van der Waals surface area contributed by atoms with Gasteiger partial charge in [0.05, 0.1) is 13.7 Å². The van der Waals surface area contributed by atoms with Crippen molar-refractivity contribution in [2.24, 2.45) is 4.99 Å². The average Bonchev–Trinajstić information content (AvgIpc) is 2.64. The van der Waals surface area contributed by atoms with Gasteiger partial charge in [0.25, 0.3) is 0 Å². The highest BCUT2D eigenvalue weighted by Gasteiger charge is 2.03. The number of benzene rings is 1. The summed E-state index contributed by atoms with van der Waals surface area (Å²) < 4.78 is 15.3. The van der Waals surface area contributed by atoms with Crippen LogP contribution in [-0.4, -0.2) is 53.0 Å². The normalized spacial score (nSPS) is 11.1. The molecule has 0 radical (unpaired) electrons. The molecule has 0 fully saturated rings. The molecule has 0 saturated carbocycles. The van der Waals surface area contributed by atoms with Crippen LogP contribution >= 0.6 is 0 Å². The van der Waals surface area contributed by atoms with Crippen molar-refractivity contribution in [2.75, 3.05) is 46.3 Å². The lowest BCUT2D eigenvalue weighted by atomic mass is 10.2. The van der Waals surface area contributed by atoms with E-state index in [4.69, 9.17) is 9.47 Å². The van der Waals surface area contributed by atoms with Gasteiger partial charge in [-0.3, -0.25) is 9.79 Å². The predicted octanol–water partition coefficient (Wildman–Crippen LogP) is 2.43. The number of carbonyl (C=O) groups is 1. The third-order valence-corrected chi connectivity index (χ3v) is 3.41. The standard InChI is InChI=1S/C18H29N3O4/c1-19-18(20-11-5-4-10-17(22)24-3)21-15-8-6-9-16(14-15)25-13-7-12-23-2/h6,8-9,14H,4-5,7,10-13H2,1-3H3,(H2,19,20,21). The number of guanidine groups is 1. The van der Waals surface area contributed by atoms with Gasteiger partial charge >= 0.3 is 5.97 Å². The van der Waals surface area contributed by atoms with Gasteiger partial charge in [-0.15, -0.1) is 0 Å². The van der Waals surface area contributed by atoms with Crippen LogP contribution in [0.2, 0.25) is 0 Å². The second-order valence-corrected chi connectivity index (χ2v) is 5.38. The second kappa shape index (κ2) is 13.1. The SMILES string of the molecule is CN=C(NCCCCC(=O)OC)Nc1cccc(OCCCOC)c1. The van der Waals surface area contributed by atoms with Crippen LogP contribution in [0.5, 0.6) is 5.75 Å². The Bertz CT molecular complexity index is 535. The first-order valence-corrected chi connectivity index (χ1v) is 8.46. The molecule has 1 aromatic rings. The van der Waals surface area contributed by atoms with E-state index in [0.29, 0.717) is 25.6 Å². The molecule has 0 unspecified atom stereocenters. The minimum atomic E-state index is -0.176. The zero-order valence-electron chi connectivity index (χ0n) is 15.3. The Kier molecular flexibility index (Phi) is 10.8. The summed E-state index contributed by atoms with van der Waals surface area (Å²) in [5.41, 5.74) is 0.895. The molecule has 0 aliphatic rings. The lowest BCUT2D eigenvalue weighted by Crippen LogP contribution is -2.31. The average molecular weight is 351 g/mol. The number of nitrogens with zero attached hydrogens (tertiary/aromatic N) is 1. The van der Waals surface area contributed by atoms with Gasteiger partial charge in [-0.25, -0.2) is 0 Å². The Hall–Kier alpha value is -2.28. The molecule has 0 aromatic heterocycles. The molecule has 25 heavy (non-hydrogen) atoms. The molecule has 0 aliphatic heterocycles. The van der Waals surface area contributed by atoms with Crippen LogP contribution in [-0.2, 0) is 14.3 Å². The van der Waals surface area contributed by atoms with Crippen molar-refractivity contribution in [1.82, 2.24) is 5.32 Å². The molecule has 0 spiro atoms. The van der Waals surface area contributed by atoms with Crippen LogP contribution in [0.3, 0.4) is 0 Å². The first-order chi connectivity index (χ1) is 12.2. The van der Waals surface area contributed by atoms with Gasteiger partial charge in [0.15, 0.2) is 5.96 Å². The third-order valence-electron chi connectivity index (χ3n) is 3.41. The molecule has 0 aliphatic carbocycles. The van der Waals surface area contributed by atoms with E-state index in [1.165, 1.54) is 7.11 Å². The summed E-state index contributed by atoms with van der Waals surface area (Å²) in [6, 6.07) is 7.72. The molecule has 1 aromatic carbocycles. The Labute approximate surface area is 149 Å². The minimum Gasteiger partial charge on any atom is -0.493 e. The van der Waals surface area contributed by atoms with Crippen molar-refractivity contribution < 1.29 is 19.0 Å². The van der Waals surface area contributed by atoms with E-state index in [-0.39, 0.29) is 5.97 Å². The fraction of sp³-hybridized carbons (Fsp3) is 0.556. The van der Waals surface area contributed by atoms with Gasteiger partial charge in [-0.05, 0) is 25.0 Å². The van der Waals surface area contributed by atoms with E-state index in [0.717, 1.165) is 37.2 Å². The van der Waals surface area contributed by atoms with Gasteiger partial charge in [0.2, 0.25) is 0 Å². The summed E-state index contributed by atoms with van der Waals surface area (Å²) in [6.07, 6.45) is 2.93. The van der Waals surface area contributed by atoms with Crippen molar-refractivity contribution in [3.8, 4) is 5.75 Å². The fourth-order valence-corrected chi connectivity index (χ4v) is 2.08. The van der Waals surface area contributed by atoms with Crippen molar-refractivity contribution in [3.05, 3.63) is 24.3 Å². The maximum Gasteiger partial charge on any atom is 0.305 e. The summed E-state index contributed by atoms with van der Waals surface area (Å²) in [4.78, 5) is 15.2. The summed E-state index contributed by atoms with van der Waals surface area (Å²) in [5, 5.41) is 6.44. The van der Waals surface area contributed by atoms with Gasteiger partial charge in [0.1, 0.15) is 5.75 Å². The number of hydrogen-bond donors (Lipinski definition) is 2. The maximum absolute atomic E-state index is 11.1. The maximum atomic E-state index is 11.1. The molecule has 140 valence electrons. The Morgan fingerprint density at radius 3 is 2.72 bits per heavy atom. The number of anilines is 1. The molecule has 7 nitrogen and oxygen atoms in total. The van der Waals surface area contributed by atoms with Crippen molar-refractivity contribution in [2.45, 2.75) is 25.7 Å². The van der Waals surface area contributed by atoms with Crippen molar-refractivity contribution in [1.29, 1.82) is 0 Å². The van der Waals surface area contributed by atoms with Crippen molar-refractivity contribution in [3.63, 3.8) is 0 Å². The predicted molar refractivity (Wildman–Crippen MR) is 99.3 cm³/mol. The molecule has 0 heterocycles. The number of unbranched alkanes of at least 4 members (excludes halogenated alkanes) is 1. The van der Waals surface area contributed by atoms with E-state index in [9.17, 15) is 4.79 Å². The zero-order valence-corrected chi connectivity index (χ0v) is 15.3. The Morgan fingerprint density at radius 1 is 1.16 bits per heavy atom. The van der Waals surface area contributed by atoms with E-state index >= 15 is 0 Å². The van der Waals surface area contributed by atoms with Gasteiger partial charge in [0, 0.05) is 51.9 Å². The Balaban J connectivity index is 2.35. The number of rotatable bonds is 11. The number of ether oxygens (including phenoxy) is 3. The monoisotopic (exact) mass is 351 g/mol. The van der Waals surface area contributed by atoms with Gasteiger partial charge in [-0.2, -0.15) is 0 Å². The van der Waals surface area contributed by atoms with E-state index < -0.39 is 0 Å². The number of methoxy groups -OCH3 is 2. The van der Waals surface area contributed by atoms with Gasteiger partial charge < -0.3 is 24.8 Å². The van der Waals surface area contributed by atoms with Crippen molar-refractivity contribution >= 4 is 17.6 Å². The van der Waals surface area contributed by atoms with Crippen LogP contribution < -0.4 is 15.4 Å². The summed E-state index contributed by atoms with van der Waals surface area (Å²) in [7, 11) is 4.80. The summed E-state index contributed by atoms with van der Waals surface area (Å²) in [6.45, 7) is 2.03. The number of hydrogen-bond acceptors (Lipinski definition) is 5. The topological polar surface area (TPSA) is 81.2 Å². The van der Waals surface area contributed by atoms with E-state index in [1.54, 1.807) is 14.2 Å². The minimum absolute atomic E-state index is 0.176. The number of carbonyl (C=O) groups excluding carboxylic acids is 1. The highest BCUT2D eigenvalue weighted by Crippen LogP contribution is 2.17. The largest absolute Gasteiger partial charge is 0.493 e. The van der Waals surface area contributed by atoms with Crippen LogP contribution in [0.4, 0.5) is 5.69 Å². The highest BCUT2D eigenvalue weighted by atomic mass is 16.5. The third kappa shape index (κ3) is 9.56.